The predicted octanol–water partition coefficient (Wildman–Crippen LogP) is 3.50. The highest BCUT2D eigenvalue weighted by Gasteiger charge is 2.19. The number of anilines is 1. The van der Waals surface area contributed by atoms with Crippen molar-refractivity contribution in [1.29, 1.82) is 0 Å². The van der Waals surface area contributed by atoms with Crippen molar-refractivity contribution in [1.82, 2.24) is 20.1 Å². The molecule has 9 nitrogen and oxygen atoms in total. The smallest absolute Gasteiger partial charge is 0.303 e. The zero-order valence-corrected chi connectivity index (χ0v) is 22.4. The number of hydrogen-bond donors (Lipinski definition) is 4. The van der Waals surface area contributed by atoms with Crippen LogP contribution >= 0.6 is 0 Å². The number of carbonyl (C=O) groups excluding carboxylic acids is 2. The van der Waals surface area contributed by atoms with Crippen LogP contribution in [-0.4, -0.2) is 84.0 Å². The Morgan fingerprint density at radius 2 is 1.76 bits per heavy atom. The number of benzene rings is 1. The van der Waals surface area contributed by atoms with Gasteiger partial charge in [-0.3, -0.25) is 14.4 Å². The minimum atomic E-state index is -0.746. The Morgan fingerprint density at radius 3 is 2.39 bits per heavy atom. The van der Waals surface area contributed by atoms with E-state index in [0.717, 1.165) is 68.2 Å². The molecule has 1 aliphatic heterocycles. The number of aryl methyl sites for hydroxylation is 1. The number of carboxylic acid groups (broad SMARTS) is 1. The minimum Gasteiger partial charge on any atom is -0.481 e. The van der Waals surface area contributed by atoms with Gasteiger partial charge in [-0.05, 0) is 82.1 Å². The number of piperazine rings is 1. The second kappa shape index (κ2) is 13.9. The van der Waals surface area contributed by atoms with Gasteiger partial charge in [0.1, 0.15) is 5.82 Å². The van der Waals surface area contributed by atoms with Gasteiger partial charge in [-0.2, -0.15) is 0 Å². The van der Waals surface area contributed by atoms with Crippen LogP contribution < -0.4 is 10.6 Å². The summed E-state index contributed by atoms with van der Waals surface area (Å²) in [6.45, 7) is 11.6. The number of allylic oxidation sites excluding steroid dienone is 1. The topological polar surface area (TPSA) is 118 Å². The molecule has 0 atom stereocenters. The maximum atomic E-state index is 13.9. The fourth-order valence-corrected chi connectivity index (χ4v) is 4.87. The number of aliphatic carboxylic acids is 1. The Labute approximate surface area is 223 Å². The first-order valence-corrected chi connectivity index (χ1v) is 13.0. The first-order chi connectivity index (χ1) is 18.2. The van der Waals surface area contributed by atoms with Gasteiger partial charge in [0.25, 0.3) is 5.91 Å². The molecule has 3 rings (SSSR count). The van der Waals surface area contributed by atoms with Gasteiger partial charge in [0.2, 0.25) is 6.41 Å². The lowest BCUT2D eigenvalue weighted by atomic mass is 10.0. The maximum absolute atomic E-state index is 13.9. The van der Waals surface area contributed by atoms with Gasteiger partial charge < -0.3 is 30.5 Å². The minimum absolute atomic E-state index is 0.133. The molecule has 0 spiro atoms. The van der Waals surface area contributed by atoms with E-state index in [2.05, 4.69) is 25.4 Å². The molecule has 1 aliphatic rings. The van der Waals surface area contributed by atoms with Crippen LogP contribution in [0.25, 0.3) is 11.6 Å². The van der Waals surface area contributed by atoms with Crippen molar-refractivity contribution in [3.05, 3.63) is 52.1 Å². The monoisotopic (exact) mass is 527 g/mol. The fraction of sp³-hybridized carbons (Fsp3) is 0.464. The molecule has 0 saturated carbocycles. The average Bonchev–Trinajstić information content (AvgIpc) is 3.15. The van der Waals surface area contributed by atoms with E-state index in [1.54, 1.807) is 0 Å². The lowest BCUT2D eigenvalue weighted by Gasteiger charge is -2.34. The van der Waals surface area contributed by atoms with Crippen LogP contribution in [0, 0.1) is 19.7 Å². The van der Waals surface area contributed by atoms with Crippen molar-refractivity contribution in [3.8, 4) is 0 Å². The van der Waals surface area contributed by atoms with Gasteiger partial charge in [0, 0.05) is 61.8 Å². The lowest BCUT2D eigenvalue weighted by Crippen LogP contribution is -2.47. The molecule has 10 heteroatoms. The third-order valence-corrected chi connectivity index (χ3v) is 6.95. The van der Waals surface area contributed by atoms with Gasteiger partial charge in [-0.15, -0.1) is 0 Å². The van der Waals surface area contributed by atoms with Crippen molar-refractivity contribution in [2.24, 2.45) is 0 Å². The summed E-state index contributed by atoms with van der Waals surface area (Å²) < 4.78 is 13.9. The molecule has 1 saturated heterocycles. The molecule has 2 aromatic rings. The van der Waals surface area contributed by atoms with Gasteiger partial charge in [-0.1, -0.05) is 0 Å². The second-order valence-electron chi connectivity index (χ2n) is 9.73. The predicted molar refractivity (Wildman–Crippen MR) is 147 cm³/mol. The van der Waals surface area contributed by atoms with Gasteiger partial charge in [0.15, 0.2) is 0 Å². The Morgan fingerprint density at radius 1 is 1.11 bits per heavy atom. The van der Waals surface area contributed by atoms with Crippen LogP contribution in [0.2, 0.25) is 0 Å². The van der Waals surface area contributed by atoms with Gasteiger partial charge in [0.05, 0.1) is 5.56 Å². The zero-order valence-electron chi connectivity index (χ0n) is 22.4. The number of H-pyrrole nitrogens is 1. The molecule has 206 valence electrons. The number of nitrogens with one attached hydrogen (secondary N) is 3. The highest BCUT2D eigenvalue weighted by Crippen LogP contribution is 2.28. The van der Waals surface area contributed by atoms with E-state index in [0.29, 0.717) is 36.2 Å². The van der Waals surface area contributed by atoms with Crippen LogP contribution in [0.15, 0.2) is 18.2 Å². The molecule has 38 heavy (non-hydrogen) atoms. The van der Waals surface area contributed by atoms with Crippen LogP contribution in [0.1, 0.15) is 59.1 Å². The van der Waals surface area contributed by atoms with Crippen molar-refractivity contribution in [2.75, 3.05) is 51.1 Å². The number of aromatic amines is 1. The Bertz CT molecular complexity index is 1170. The summed E-state index contributed by atoms with van der Waals surface area (Å²) in [5.41, 5.74) is 4.73. The molecule has 0 radical (unpaired) electrons. The highest BCUT2D eigenvalue weighted by atomic mass is 19.1. The van der Waals surface area contributed by atoms with Crippen molar-refractivity contribution in [2.45, 2.75) is 40.0 Å². The quantitative estimate of drug-likeness (QED) is 0.234. The summed E-state index contributed by atoms with van der Waals surface area (Å²) in [5.74, 6) is -1.28. The molecule has 0 bridgehead atoms. The van der Waals surface area contributed by atoms with E-state index in [-0.39, 0.29) is 12.3 Å². The summed E-state index contributed by atoms with van der Waals surface area (Å²) in [6.07, 6.45) is 4.14. The molecule has 0 unspecified atom stereocenters. The highest BCUT2D eigenvalue weighted by molar-refractivity contribution is 5.98. The molecule has 0 aliphatic carbocycles. The van der Waals surface area contributed by atoms with E-state index in [1.807, 2.05) is 26.8 Å². The number of rotatable bonds is 13. The molecule has 1 aromatic carbocycles. The summed E-state index contributed by atoms with van der Waals surface area (Å²) in [4.78, 5) is 42.5. The Balaban J connectivity index is 1.51. The van der Waals surface area contributed by atoms with E-state index >= 15 is 0 Å². The van der Waals surface area contributed by atoms with E-state index in [9.17, 15) is 18.8 Å². The fourth-order valence-electron chi connectivity index (χ4n) is 4.87. The summed E-state index contributed by atoms with van der Waals surface area (Å²) in [7, 11) is 0. The zero-order chi connectivity index (χ0) is 27.7. The number of carbonyl (C=O) groups is 3. The SMILES string of the molecule is C/C(=C\c1[nH]c(C)c(C(=O)NCCCN2CCN(CCCC(=O)O)CC2)c1C)c1cc(F)ccc1NC=O. The number of hydrogen-bond acceptors (Lipinski definition) is 5. The number of nitrogens with zero attached hydrogens (tertiary/aromatic N) is 2. The molecular formula is C28H38FN5O4. The number of carboxylic acids is 1. The summed E-state index contributed by atoms with van der Waals surface area (Å²) >= 11 is 0. The third-order valence-electron chi connectivity index (χ3n) is 6.95. The molecule has 1 aromatic heterocycles. The summed E-state index contributed by atoms with van der Waals surface area (Å²) in [6, 6.07) is 4.18. The standard InChI is InChI=1S/C28H38FN5O4/c1-19(23-17-22(29)7-8-24(23)31-18-35)16-25-20(2)27(21(3)32-25)28(38)30-9-5-11-34-14-12-33(13-15-34)10-4-6-26(36)37/h7-8,16-18,32H,4-6,9-15H2,1-3H3,(H,30,38)(H,31,35)(H,36,37)/b19-16+. The molecular weight excluding hydrogens is 489 g/mol. The van der Waals surface area contributed by atoms with Crippen LogP contribution in [-0.2, 0) is 9.59 Å². The normalized spacial score (nSPS) is 14.9. The Kier molecular flexibility index (Phi) is 10.6. The van der Waals surface area contributed by atoms with Gasteiger partial charge >= 0.3 is 5.97 Å². The second-order valence-corrected chi connectivity index (χ2v) is 9.73. The first kappa shape index (κ1) is 29.1. The molecule has 4 N–H and O–H groups in total. The van der Waals surface area contributed by atoms with Crippen molar-refractivity contribution >= 4 is 35.6 Å². The van der Waals surface area contributed by atoms with Crippen molar-refractivity contribution < 1.29 is 23.9 Å². The largest absolute Gasteiger partial charge is 0.481 e. The van der Waals surface area contributed by atoms with Crippen LogP contribution in [0.4, 0.5) is 10.1 Å². The van der Waals surface area contributed by atoms with Gasteiger partial charge in [-0.25, -0.2) is 4.39 Å². The first-order valence-electron chi connectivity index (χ1n) is 13.0. The molecule has 1 fully saturated rings. The van der Waals surface area contributed by atoms with E-state index in [1.165, 1.54) is 18.2 Å². The molecule has 2 heterocycles. The maximum Gasteiger partial charge on any atom is 0.303 e. The Hall–Kier alpha value is -3.50. The number of halogens is 1. The van der Waals surface area contributed by atoms with Crippen LogP contribution in [0.5, 0.6) is 0 Å². The summed E-state index contributed by atoms with van der Waals surface area (Å²) in [5, 5.41) is 14.4. The lowest BCUT2D eigenvalue weighted by molar-refractivity contribution is -0.137. The number of aromatic nitrogens is 1. The third kappa shape index (κ3) is 8.00. The average molecular weight is 528 g/mol. The number of amides is 2. The molecule has 2 amide bonds. The van der Waals surface area contributed by atoms with E-state index < -0.39 is 11.8 Å². The van der Waals surface area contributed by atoms with E-state index in [4.69, 9.17) is 5.11 Å². The van der Waals surface area contributed by atoms with Crippen molar-refractivity contribution in [3.63, 3.8) is 0 Å². The van der Waals surface area contributed by atoms with Crippen LogP contribution in [0.3, 0.4) is 0 Å².